The zero-order valence-electron chi connectivity index (χ0n) is 18.1. The van der Waals surface area contributed by atoms with Gasteiger partial charge in [0.15, 0.2) is 0 Å². The highest BCUT2D eigenvalue weighted by Gasteiger charge is 2.21. The average molecular weight is 425 g/mol. The number of para-hydroxylation sites is 2. The van der Waals surface area contributed by atoms with Crippen LogP contribution in [0.5, 0.6) is 11.5 Å². The summed E-state index contributed by atoms with van der Waals surface area (Å²) in [4.78, 5) is 18.2. The molecule has 1 atom stereocenters. The Morgan fingerprint density at radius 3 is 2.69 bits per heavy atom. The number of benzene rings is 3. The Bertz CT molecular complexity index is 1370. The van der Waals surface area contributed by atoms with E-state index in [0.29, 0.717) is 23.3 Å². The first kappa shape index (κ1) is 20.1. The molecular weight excluding hydrogens is 400 g/mol. The molecule has 1 aliphatic rings. The van der Waals surface area contributed by atoms with Crippen LogP contribution in [0.4, 0.5) is 0 Å². The predicted octanol–water partition coefficient (Wildman–Crippen LogP) is 5.28. The van der Waals surface area contributed by atoms with Gasteiger partial charge in [-0.05, 0) is 62.4 Å². The van der Waals surface area contributed by atoms with Crippen molar-refractivity contribution in [2.45, 2.75) is 26.4 Å². The Hall–Kier alpha value is -3.86. The molecule has 0 saturated heterocycles. The van der Waals surface area contributed by atoms with Crippen LogP contribution < -0.4 is 15.0 Å². The van der Waals surface area contributed by atoms with Gasteiger partial charge < -0.3 is 9.47 Å². The fourth-order valence-electron chi connectivity index (χ4n) is 4.12. The highest BCUT2D eigenvalue weighted by Crippen LogP contribution is 2.36. The van der Waals surface area contributed by atoms with E-state index in [1.165, 1.54) is 0 Å². The minimum Gasteiger partial charge on any atom is -0.493 e. The fourth-order valence-corrected chi connectivity index (χ4v) is 4.12. The van der Waals surface area contributed by atoms with Crippen molar-refractivity contribution < 1.29 is 9.47 Å². The lowest BCUT2D eigenvalue weighted by Crippen LogP contribution is -2.22. The molecule has 0 spiro atoms. The maximum absolute atomic E-state index is 13.4. The Labute approximate surface area is 186 Å². The Morgan fingerprint density at radius 1 is 1.09 bits per heavy atom. The van der Waals surface area contributed by atoms with Gasteiger partial charge >= 0.3 is 0 Å². The fraction of sp³-hybridized carbons (Fsp3) is 0.185. The molecule has 1 unspecified atom stereocenters. The van der Waals surface area contributed by atoms with Crippen LogP contribution in [0.15, 0.2) is 71.5 Å². The van der Waals surface area contributed by atoms with E-state index >= 15 is 0 Å². The molecule has 0 amide bonds. The van der Waals surface area contributed by atoms with Gasteiger partial charge in [-0.1, -0.05) is 30.3 Å². The first-order valence-corrected chi connectivity index (χ1v) is 10.9. The molecule has 4 aromatic rings. The van der Waals surface area contributed by atoms with Gasteiger partial charge in [0.25, 0.3) is 5.56 Å². The highest BCUT2D eigenvalue weighted by atomic mass is 16.5. The molecule has 32 heavy (non-hydrogen) atoms. The van der Waals surface area contributed by atoms with Crippen LogP contribution in [-0.2, 0) is 6.42 Å². The summed E-state index contributed by atoms with van der Waals surface area (Å²) >= 11 is 0. The Morgan fingerprint density at radius 2 is 1.88 bits per heavy atom. The molecule has 2 heterocycles. The summed E-state index contributed by atoms with van der Waals surface area (Å²) in [5.41, 5.74) is 3.38. The molecule has 0 N–H and O–H groups in total. The number of fused-ring (bicyclic) bond motifs is 2. The molecule has 1 aliphatic heterocycles. The number of hydrogen-bond donors (Lipinski definition) is 0. The van der Waals surface area contributed by atoms with Gasteiger partial charge in [-0.25, -0.2) is 4.98 Å². The second-order valence-corrected chi connectivity index (χ2v) is 7.86. The first-order valence-electron chi connectivity index (χ1n) is 10.9. The SMILES string of the molecule is CCOc1cc2c(cc1/C=C/c1nc3ccccc3c(=O)n1-c1ccccc1)OC(C)C2. The average Bonchev–Trinajstić information content (AvgIpc) is 3.17. The van der Waals surface area contributed by atoms with Gasteiger partial charge in [0.05, 0.1) is 23.2 Å². The molecular formula is C27H24N2O3. The van der Waals surface area contributed by atoms with Crippen LogP contribution in [0.3, 0.4) is 0 Å². The van der Waals surface area contributed by atoms with E-state index in [9.17, 15) is 4.79 Å². The summed E-state index contributed by atoms with van der Waals surface area (Å²) in [5, 5.41) is 0.587. The predicted molar refractivity (Wildman–Crippen MR) is 128 cm³/mol. The molecule has 5 nitrogen and oxygen atoms in total. The van der Waals surface area contributed by atoms with Crippen LogP contribution in [0.25, 0.3) is 28.7 Å². The number of ether oxygens (including phenoxy) is 2. The van der Waals surface area contributed by atoms with E-state index in [1.54, 1.807) is 4.57 Å². The van der Waals surface area contributed by atoms with Crippen molar-refractivity contribution in [2.24, 2.45) is 0 Å². The van der Waals surface area contributed by atoms with Gasteiger partial charge in [-0.2, -0.15) is 0 Å². The van der Waals surface area contributed by atoms with Crippen LogP contribution in [0.1, 0.15) is 30.8 Å². The normalized spacial score (nSPS) is 15.1. The van der Waals surface area contributed by atoms with E-state index in [1.807, 2.05) is 79.7 Å². The number of nitrogens with zero attached hydrogens (tertiary/aromatic N) is 2. The first-order chi connectivity index (χ1) is 15.6. The number of hydrogen-bond acceptors (Lipinski definition) is 4. The van der Waals surface area contributed by atoms with Crippen molar-refractivity contribution in [3.8, 4) is 17.2 Å². The molecule has 0 fully saturated rings. The summed E-state index contributed by atoms with van der Waals surface area (Å²) in [5.74, 6) is 2.24. The summed E-state index contributed by atoms with van der Waals surface area (Å²) < 4.78 is 13.5. The lowest BCUT2D eigenvalue weighted by atomic mass is 10.1. The van der Waals surface area contributed by atoms with Gasteiger partial charge in [-0.15, -0.1) is 0 Å². The maximum Gasteiger partial charge on any atom is 0.266 e. The van der Waals surface area contributed by atoms with Crippen LogP contribution in [-0.4, -0.2) is 22.3 Å². The second-order valence-electron chi connectivity index (χ2n) is 7.86. The van der Waals surface area contributed by atoms with Crippen molar-refractivity contribution >= 4 is 23.1 Å². The van der Waals surface area contributed by atoms with Gasteiger partial charge in [0.2, 0.25) is 0 Å². The van der Waals surface area contributed by atoms with E-state index in [4.69, 9.17) is 14.5 Å². The Balaban J connectivity index is 1.66. The quantitative estimate of drug-likeness (QED) is 0.438. The minimum absolute atomic E-state index is 0.0995. The number of aromatic nitrogens is 2. The summed E-state index contributed by atoms with van der Waals surface area (Å²) in [6.45, 7) is 4.60. The molecule has 5 heteroatoms. The van der Waals surface area contributed by atoms with Gasteiger partial charge in [0.1, 0.15) is 23.4 Å². The lowest BCUT2D eigenvalue weighted by Gasteiger charge is -2.12. The number of rotatable bonds is 5. The van der Waals surface area contributed by atoms with Gasteiger partial charge in [0, 0.05) is 17.5 Å². The minimum atomic E-state index is -0.0995. The summed E-state index contributed by atoms with van der Waals surface area (Å²) in [6.07, 6.45) is 4.83. The smallest absolute Gasteiger partial charge is 0.266 e. The molecule has 5 rings (SSSR count). The zero-order valence-corrected chi connectivity index (χ0v) is 18.1. The third-order valence-corrected chi connectivity index (χ3v) is 5.56. The maximum atomic E-state index is 13.4. The lowest BCUT2D eigenvalue weighted by molar-refractivity contribution is 0.254. The third kappa shape index (κ3) is 3.66. The molecule has 0 bridgehead atoms. The largest absolute Gasteiger partial charge is 0.493 e. The third-order valence-electron chi connectivity index (χ3n) is 5.56. The molecule has 0 radical (unpaired) electrons. The molecule has 0 aliphatic carbocycles. The van der Waals surface area contributed by atoms with E-state index in [-0.39, 0.29) is 11.7 Å². The molecule has 1 aromatic heterocycles. The van der Waals surface area contributed by atoms with Crippen LogP contribution >= 0.6 is 0 Å². The standard InChI is InChI=1S/C27H24N2O3/c1-3-31-24-17-20-15-18(2)32-25(20)16-19(24)13-14-26-28-23-12-8-7-11-22(23)27(30)29(26)21-9-5-4-6-10-21/h4-14,16-18H,3,15H2,1-2H3/b14-13+. The second kappa shape index (κ2) is 8.35. The highest BCUT2D eigenvalue weighted by molar-refractivity contribution is 5.80. The molecule has 3 aromatic carbocycles. The van der Waals surface area contributed by atoms with Crippen molar-refractivity contribution in [1.29, 1.82) is 0 Å². The molecule has 160 valence electrons. The van der Waals surface area contributed by atoms with Crippen molar-refractivity contribution in [3.05, 3.63) is 94.0 Å². The topological polar surface area (TPSA) is 53.3 Å². The van der Waals surface area contributed by atoms with E-state index < -0.39 is 0 Å². The van der Waals surface area contributed by atoms with Crippen LogP contribution in [0, 0.1) is 0 Å². The van der Waals surface area contributed by atoms with E-state index in [0.717, 1.165) is 34.7 Å². The van der Waals surface area contributed by atoms with Crippen molar-refractivity contribution in [1.82, 2.24) is 9.55 Å². The Kier molecular flexibility index (Phi) is 5.23. The van der Waals surface area contributed by atoms with Crippen LogP contribution in [0.2, 0.25) is 0 Å². The van der Waals surface area contributed by atoms with Crippen molar-refractivity contribution in [2.75, 3.05) is 6.61 Å². The zero-order chi connectivity index (χ0) is 22.1. The monoisotopic (exact) mass is 424 g/mol. The van der Waals surface area contributed by atoms with Crippen molar-refractivity contribution in [3.63, 3.8) is 0 Å². The summed E-state index contributed by atoms with van der Waals surface area (Å²) in [6, 6.07) is 21.1. The van der Waals surface area contributed by atoms with E-state index in [2.05, 4.69) is 13.0 Å². The molecule has 0 saturated carbocycles. The van der Waals surface area contributed by atoms with Gasteiger partial charge in [-0.3, -0.25) is 9.36 Å². The summed E-state index contributed by atoms with van der Waals surface area (Å²) in [7, 11) is 0.